The molecule has 1 heterocycles. The van der Waals surface area contributed by atoms with Gasteiger partial charge in [-0.15, -0.1) is 0 Å². The minimum absolute atomic E-state index is 0.595. The number of benzene rings is 2. The molecule has 3 heteroatoms. The van der Waals surface area contributed by atoms with Crippen LogP contribution < -0.4 is 5.32 Å². The van der Waals surface area contributed by atoms with Crippen molar-refractivity contribution in [3.8, 4) is 0 Å². The Labute approximate surface area is 152 Å². The normalized spacial score (nSPS) is 15.6. The van der Waals surface area contributed by atoms with Gasteiger partial charge in [0.25, 0.3) is 0 Å². The van der Waals surface area contributed by atoms with Crippen LogP contribution in [0.15, 0.2) is 48.5 Å². The zero-order valence-corrected chi connectivity index (χ0v) is 15.5. The van der Waals surface area contributed by atoms with Gasteiger partial charge in [-0.2, -0.15) is 0 Å². The first-order valence-electron chi connectivity index (χ1n) is 9.38. The standard InChI is InChI=1S/C22H30N2O/c1-18(2)22-9-7-20(8-10-22)16-23-15-19-3-5-21(6-4-19)17-24-11-13-25-14-12-24/h3-10,18,23H,11-17H2,1-2H3. The van der Waals surface area contributed by atoms with Crippen LogP contribution in [0, 0.1) is 0 Å². The minimum Gasteiger partial charge on any atom is -0.379 e. The first-order valence-corrected chi connectivity index (χ1v) is 9.38. The average Bonchev–Trinajstić information content (AvgIpc) is 2.64. The van der Waals surface area contributed by atoms with Gasteiger partial charge < -0.3 is 10.1 Å². The summed E-state index contributed by atoms with van der Waals surface area (Å²) in [4.78, 5) is 2.46. The molecule has 134 valence electrons. The quantitative estimate of drug-likeness (QED) is 0.828. The molecule has 25 heavy (non-hydrogen) atoms. The van der Waals surface area contributed by atoms with Gasteiger partial charge >= 0.3 is 0 Å². The molecule has 0 aliphatic carbocycles. The number of nitrogens with one attached hydrogen (secondary N) is 1. The number of hydrogen-bond acceptors (Lipinski definition) is 3. The van der Waals surface area contributed by atoms with E-state index in [1.807, 2.05) is 0 Å². The summed E-state index contributed by atoms with van der Waals surface area (Å²) >= 11 is 0. The van der Waals surface area contributed by atoms with Crippen LogP contribution in [0.3, 0.4) is 0 Å². The van der Waals surface area contributed by atoms with Gasteiger partial charge in [0, 0.05) is 32.7 Å². The van der Waals surface area contributed by atoms with Gasteiger partial charge in [-0.1, -0.05) is 62.4 Å². The first-order chi connectivity index (χ1) is 12.2. The molecule has 0 amide bonds. The zero-order valence-electron chi connectivity index (χ0n) is 15.5. The Morgan fingerprint density at radius 2 is 1.36 bits per heavy atom. The van der Waals surface area contributed by atoms with E-state index < -0.39 is 0 Å². The van der Waals surface area contributed by atoms with Gasteiger partial charge in [0.1, 0.15) is 0 Å². The molecular formula is C22H30N2O. The van der Waals surface area contributed by atoms with E-state index in [0.29, 0.717) is 5.92 Å². The third kappa shape index (κ3) is 5.67. The highest BCUT2D eigenvalue weighted by Gasteiger charge is 2.10. The summed E-state index contributed by atoms with van der Waals surface area (Å²) in [6.45, 7) is 11.1. The molecule has 0 unspecified atom stereocenters. The highest BCUT2D eigenvalue weighted by molar-refractivity contribution is 5.25. The molecule has 3 rings (SSSR count). The van der Waals surface area contributed by atoms with Gasteiger partial charge in [-0.25, -0.2) is 0 Å². The molecule has 1 aliphatic rings. The lowest BCUT2D eigenvalue weighted by Crippen LogP contribution is -2.35. The Balaban J connectivity index is 1.43. The zero-order chi connectivity index (χ0) is 17.5. The van der Waals surface area contributed by atoms with E-state index >= 15 is 0 Å². The molecule has 0 bridgehead atoms. The Morgan fingerprint density at radius 3 is 1.92 bits per heavy atom. The summed E-state index contributed by atoms with van der Waals surface area (Å²) in [5.41, 5.74) is 5.47. The molecule has 0 saturated carbocycles. The van der Waals surface area contributed by atoms with E-state index in [-0.39, 0.29) is 0 Å². The molecule has 3 nitrogen and oxygen atoms in total. The first kappa shape index (κ1) is 18.1. The number of hydrogen-bond donors (Lipinski definition) is 1. The molecule has 1 fully saturated rings. The summed E-state index contributed by atoms with van der Waals surface area (Å²) in [7, 11) is 0. The van der Waals surface area contributed by atoms with E-state index in [4.69, 9.17) is 4.74 Å². The Hall–Kier alpha value is -1.68. The Kier molecular flexibility index (Phi) is 6.62. The Morgan fingerprint density at radius 1 is 0.840 bits per heavy atom. The monoisotopic (exact) mass is 338 g/mol. The lowest BCUT2D eigenvalue weighted by molar-refractivity contribution is 0.0342. The maximum absolute atomic E-state index is 5.41. The van der Waals surface area contributed by atoms with E-state index in [9.17, 15) is 0 Å². The van der Waals surface area contributed by atoms with Crippen molar-refractivity contribution in [2.24, 2.45) is 0 Å². The van der Waals surface area contributed by atoms with Crippen LogP contribution in [0.4, 0.5) is 0 Å². The highest BCUT2D eigenvalue weighted by atomic mass is 16.5. The second-order valence-electron chi connectivity index (χ2n) is 7.20. The molecule has 1 aliphatic heterocycles. The van der Waals surface area contributed by atoms with Crippen molar-refractivity contribution in [1.82, 2.24) is 10.2 Å². The summed E-state index contributed by atoms with van der Waals surface area (Å²) in [5.74, 6) is 0.595. The van der Waals surface area contributed by atoms with E-state index in [1.54, 1.807) is 0 Å². The lowest BCUT2D eigenvalue weighted by Gasteiger charge is -2.26. The number of nitrogens with zero attached hydrogens (tertiary/aromatic N) is 1. The fourth-order valence-corrected chi connectivity index (χ4v) is 3.15. The van der Waals surface area contributed by atoms with Crippen LogP contribution in [-0.4, -0.2) is 31.2 Å². The van der Waals surface area contributed by atoms with Crippen LogP contribution in [0.2, 0.25) is 0 Å². The second kappa shape index (κ2) is 9.14. The fourth-order valence-electron chi connectivity index (χ4n) is 3.15. The molecular weight excluding hydrogens is 308 g/mol. The summed E-state index contributed by atoms with van der Waals surface area (Å²) in [6.07, 6.45) is 0. The molecule has 2 aromatic rings. The van der Waals surface area contributed by atoms with Crippen molar-refractivity contribution in [1.29, 1.82) is 0 Å². The van der Waals surface area contributed by atoms with Crippen LogP contribution in [0.1, 0.15) is 42.0 Å². The maximum atomic E-state index is 5.41. The average molecular weight is 338 g/mol. The van der Waals surface area contributed by atoms with Gasteiger partial charge in [-0.05, 0) is 28.2 Å². The summed E-state index contributed by atoms with van der Waals surface area (Å²) in [6, 6.07) is 17.9. The largest absolute Gasteiger partial charge is 0.379 e. The lowest BCUT2D eigenvalue weighted by atomic mass is 10.0. The molecule has 2 aromatic carbocycles. The number of rotatable bonds is 7. The molecule has 1 N–H and O–H groups in total. The smallest absolute Gasteiger partial charge is 0.0594 e. The number of ether oxygens (including phenoxy) is 1. The highest BCUT2D eigenvalue weighted by Crippen LogP contribution is 2.15. The van der Waals surface area contributed by atoms with Gasteiger partial charge in [0.15, 0.2) is 0 Å². The van der Waals surface area contributed by atoms with Gasteiger partial charge in [0.05, 0.1) is 13.2 Å². The van der Waals surface area contributed by atoms with E-state index in [2.05, 4.69) is 72.6 Å². The van der Waals surface area contributed by atoms with Gasteiger partial charge in [0.2, 0.25) is 0 Å². The van der Waals surface area contributed by atoms with Crippen LogP contribution >= 0.6 is 0 Å². The molecule has 1 saturated heterocycles. The van der Waals surface area contributed by atoms with E-state index in [1.165, 1.54) is 22.3 Å². The molecule has 0 radical (unpaired) electrons. The van der Waals surface area contributed by atoms with E-state index in [0.717, 1.165) is 45.9 Å². The summed E-state index contributed by atoms with van der Waals surface area (Å²) < 4.78 is 5.41. The van der Waals surface area contributed by atoms with Crippen molar-refractivity contribution >= 4 is 0 Å². The second-order valence-corrected chi connectivity index (χ2v) is 7.20. The SMILES string of the molecule is CC(C)c1ccc(CNCc2ccc(CN3CCOCC3)cc2)cc1. The number of morpholine rings is 1. The molecule has 0 atom stereocenters. The predicted octanol–water partition coefficient (Wildman–Crippen LogP) is 3.93. The van der Waals surface area contributed by atoms with Crippen molar-refractivity contribution in [2.45, 2.75) is 39.4 Å². The Bertz CT molecular complexity index is 628. The van der Waals surface area contributed by atoms with Crippen molar-refractivity contribution < 1.29 is 4.74 Å². The third-order valence-electron chi connectivity index (χ3n) is 4.84. The van der Waals surface area contributed by atoms with Crippen LogP contribution in [0.5, 0.6) is 0 Å². The molecule has 0 aromatic heterocycles. The topological polar surface area (TPSA) is 24.5 Å². The summed E-state index contributed by atoms with van der Waals surface area (Å²) in [5, 5.41) is 3.54. The van der Waals surface area contributed by atoms with Crippen LogP contribution in [-0.2, 0) is 24.4 Å². The van der Waals surface area contributed by atoms with Crippen molar-refractivity contribution in [3.05, 3.63) is 70.8 Å². The van der Waals surface area contributed by atoms with Crippen LogP contribution in [0.25, 0.3) is 0 Å². The molecule has 0 spiro atoms. The third-order valence-corrected chi connectivity index (χ3v) is 4.84. The van der Waals surface area contributed by atoms with Crippen molar-refractivity contribution in [2.75, 3.05) is 26.3 Å². The maximum Gasteiger partial charge on any atom is 0.0594 e. The van der Waals surface area contributed by atoms with Crippen molar-refractivity contribution in [3.63, 3.8) is 0 Å². The predicted molar refractivity (Wildman–Crippen MR) is 104 cm³/mol. The fraction of sp³-hybridized carbons (Fsp3) is 0.455. The minimum atomic E-state index is 0.595. The van der Waals surface area contributed by atoms with Gasteiger partial charge in [-0.3, -0.25) is 4.90 Å².